The normalized spacial score (nSPS) is 18.7. The number of hydrogen-bond donors (Lipinski definition) is 1. The minimum atomic E-state index is -3.21. The molecule has 100 valence electrons. The standard InChI is InChI=1S/C12H18N2O3S/c1-17-12-8-10(9-13)4-5-11(12)14-6-2-3-7-18(14,15)16/h4-5,8H,2-3,6-7,9,13H2,1H3. The van der Waals surface area contributed by atoms with Gasteiger partial charge in [0.05, 0.1) is 18.6 Å². The zero-order valence-electron chi connectivity index (χ0n) is 10.4. The third-order valence-corrected chi connectivity index (χ3v) is 4.95. The molecule has 1 aliphatic rings. The lowest BCUT2D eigenvalue weighted by molar-refractivity contribution is 0.414. The lowest BCUT2D eigenvalue weighted by atomic mass is 10.2. The van der Waals surface area contributed by atoms with E-state index in [-0.39, 0.29) is 5.75 Å². The summed E-state index contributed by atoms with van der Waals surface area (Å²) in [6, 6.07) is 5.39. The molecule has 2 N–H and O–H groups in total. The summed E-state index contributed by atoms with van der Waals surface area (Å²) < 4.78 is 30.8. The first kappa shape index (κ1) is 13.2. The van der Waals surface area contributed by atoms with Crippen LogP contribution in [0.1, 0.15) is 18.4 Å². The highest BCUT2D eigenvalue weighted by Crippen LogP contribution is 2.33. The Balaban J connectivity index is 2.43. The number of ether oxygens (including phenoxy) is 1. The molecule has 1 aliphatic heterocycles. The van der Waals surface area contributed by atoms with E-state index in [1.807, 2.05) is 6.07 Å². The van der Waals surface area contributed by atoms with E-state index in [4.69, 9.17) is 10.5 Å². The Morgan fingerprint density at radius 2 is 2.17 bits per heavy atom. The minimum absolute atomic E-state index is 0.203. The smallest absolute Gasteiger partial charge is 0.235 e. The number of methoxy groups -OCH3 is 1. The average molecular weight is 270 g/mol. The highest BCUT2D eigenvalue weighted by atomic mass is 32.2. The maximum Gasteiger partial charge on any atom is 0.235 e. The third kappa shape index (κ3) is 2.44. The molecule has 1 aromatic rings. The maximum absolute atomic E-state index is 12.1. The van der Waals surface area contributed by atoms with Crippen LogP contribution in [0.2, 0.25) is 0 Å². The van der Waals surface area contributed by atoms with Gasteiger partial charge in [0.1, 0.15) is 5.75 Å². The van der Waals surface area contributed by atoms with Gasteiger partial charge in [0.25, 0.3) is 0 Å². The van der Waals surface area contributed by atoms with E-state index in [0.29, 0.717) is 24.5 Å². The average Bonchev–Trinajstić information content (AvgIpc) is 2.37. The molecule has 1 fully saturated rings. The van der Waals surface area contributed by atoms with Gasteiger partial charge in [-0.2, -0.15) is 0 Å². The van der Waals surface area contributed by atoms with Crippen molar-refractivity contribution in [2.75, 3.05) is 23.7 Å². The van der Waals surface area contributed by atoms with Crippen molar-refractivity contribution in [1.82, 2.24) is 0 Å². The predicted octanol–water partition coefficient (Wildman–Crippen LogP) is 1.08. The van der Waals surface area contributed by atoms with E-state index in [1.54, 1.807) is 12.1 Å². The van der Waals surface area contributed by atoms with Crippen LogP contribution in [0.4, 0.5) is 5.69 Å². The molecule has 18 heavy (non-hydrogen) atoms. The molecule has 5 nitrogen and oxygen atoms in total. The summed E-state index contributed by atoms with van der Waals surface area (Å²) in [4.78, 5) is 0. The second kappa shape index (κ2) is 5.16. The lowest BCUT2D eigenvalue weighted by Gasteiger charge is -2.29. The number of nitrogens with zero attached hydrogens (tertiary/aromatic N) is 1. The SMILES string of the molecule is COc1cc(CN)ccc1N1CCCCS1(=O)=O. The van der Waals surface area contributed by atoms with E-state index < -0.39 is 10.0 Å². The van der Waals surface area contributed by atoms with Crippen LogP contribution < -0.4 is 14.8 Å². The summed E-state index contributed by atoms with van der Waals surface area (Å²) in [5.74, 6) is 0.762. The fourth-order valence-electron chi connectivity index (χ4n) is 2.11. The highest BCUT2D eigenvalue weighted by molar-refractivity contribution is 7.92. The Hall–Kier alpha value is -1.27. The molecule has 0 spiro atoms. The van der Waals surface area contributed by atoms with Crippen molar-refractivity contribution in [3.63, 3.8) is 0 Å². The van der Waals surface area contributed by atoms with Crippen molar-refractivity contribution in [2.24, 2.45) is 5.73 Å². The predicted molar refractivity (Wildman–Crippen MR) is 71.3 cm³/mol. The summed E-state index contributed by atoms with van der Waals surface area (Å²) in [5, 5.41) is 0. The molecule has 6 heteroatoms. The van der Waals surface area contributed by atoms with Crippen LogP contribution in [-0.2, 0) is 16.6 Å². The third-order valence-electron chi connectivity index (χ3n) is 3.10. The molecule has 0 atom stereocenters. The number of benzene rings is 1. The van der Waals surface area contributed by atoms with Gasteiger partial charge in [-0.3, -0.25) is 4.31 Å². The van der Waals surface area contributed by atoms with E-state index >= 15 is 0 Å². The van der Waals surface area contributed by atoms with Gasteiger partial charge in [0.2, 0.25) is 10.0 Å². The fourth-order valence-corrected chi connectivity index (χ4v) is 3.76. The molecule has 0 saturated carbocycles. The summed E-state index contributed by atoms with van der Waals surface area (Å²) in [6.45, 7) is 0.921. The Labute approximate surface area is 108 Å². The van der Waals surface area contributed by atoms with E-state index in [1.165, 1.54) is 11.4 Å². The first-order valence-corrected chi connectivity index (χ1v) is 7.57. The van der Waals surface area contributed by atoms with Crippen LogP contribution in [0, 0.1) is 0 Å². The van der Waals surface area contributed by atoms with Gasteiger partial charge >= 0.3 is 0 Å². The lowest BCUT2D eigenvalue weighted by Crippen LogP contribution is -2.38. The van der Waals surface area contributed by atoms with Crippen LogP contribution in [0.25, 0.3) is 0 Å². The number of nitrogens with two attached hydrogens (primary N) is 1. The van der Waals surface area contributed by atoms with Crippen molar-refractivity contribution in [1.29, 1.82) is 0 Å². The van der Waals surface area contributed by atoms with Crippen LogP contribution >= 0.6 is 0 Å². The molecule has 0 aromatic heterocycles. The van der Waals surface area contributed by atoms with Crippen molar-refractivity contribution in [2.45, 2.75) is 19.4 Å². The Kier molecular flexibility index (Phi) is 3.77. The zero-order valence-corrected chi connectivity index (χ0v) is 11.2. The van der Waals surface area contributed by atoms with E-state index in [0.717, 1.165) is 18.4 Å². The number of sulfonamides is 1. The largest absolute Gasteiger partial charge is 0.495 e. The minimum Gasteiger partial charge on any atom is -0.495 e. The Bertz CT molecular complexity index is 528. The molecule has 2 rings (SSSR count). The molecule has 1 heterocycles. The first-order chi connectivity index (χ1) is 8.58. The van der Waals surface area contributed by atoms with Gasteiger partial charge in [-0.25, -0.2) is 8.42 Å². The quantitative estimate of drug-likeness (QED) is 0.892. The van der Waals surface area contributed by atoms with Gasteiger partial charge in [0, 0.05) is 13.1 Å². The van der Waals surface area contributed by atoms with Gasteiger partial charge in [-0.1, -0.05) is 6.07 Å². The second-order valence-electron chi connectivity index (χ2n) is 4.31. The highest BCUT2D eigenvalue weighted by Gasteiger charge is 2.28. The van der Waals surface area contributed by atoms with Crippen molar-refractivity contribution >= 4 is 15.7 Å². The topological polar surface area (TPSA) is 72.6 Å². The molecule has 1 aromatic carbocycles. The number of hydrogen-bond acceptors (Lipinski definition) is 4. The van der Waals surface area contributed by atoms with Gasteiger partial charge in [-0.05, 0) is 30.5 Å². The molecule has 0 amide bonds. The Morgan fingerprint density at radius 3 is 2.78 bits per heavy atom. The molecular weight excluding hydrogens is 252 g/mol. The molecule has 0 bridgehead atoms. The molecular formula is C12H18N2O3S. The van der Waals surface area contributed by atoms with Gasteiger partial charge in [-0.15, -0.1) is 0 Å². The zero-order chi connectivity index (χ0) is 13.2. The van der Waals surface area contributed by atoms with Crippen molar-refractivity contribution in [3.05, 3.63) is 23.8 Å². The summed E-state index contributed by atoms with van der Waals surface area (Å²) in [5.41, 5.74) is 7.10. The van der Waals surface area contributed by atoms with Gasteiger partial charge in [0.15, 0.2) is 0 Å². The molecule has 0 unspecified atom stereocenters. The van der Waals surface area contributed by atoms with Crippen LogP contribution in [0.15, 0.2) is 18.2 Å². The Morgan fingerprint density at radius 1 is 1.39 bits per heavy atom. The maximum atomic E-state index is 12.1. The van der Waals surface area contributed by atoms with Gasteiger partial charge < -0.3 is 10.5 Å². The monoisotopic (exact) mass is 270 g/mol. The fraction of sp³-hybridized carbons (Fsp3) is 0.500. The van der Waals surface area contributed by atoms with Crippen LogP contribution in [0.3, 0.4) is 0 Å². The number of anilines is 1. The van der Waals surface area contributed by atoms with E-state index in [2.05, 4.69) is 0 Å². The summed E-state index contributed by atoms with van der Waals surface area (Å²) in [6.07, 6.45) is 1.60. The van der Waals surface area contributed by atoms with Crippen molar-refractivity contribution < 1.29 is 13.2 Å². The number of rotatable bonds is 3. The van der Waals surface area contributed by atoms with Crippen LogP contribution in [0.5, 0.6) is 5.75 Å². The van der Waals surface area contributed by atoms with Crippen molar-refractivity contribution in [3.8, 4) is 5.75 Å². The summed E-state index contributed by atoms with van der Waals surface area (Å²) >= 11 is 0. The first-order valence-electron chi connectivity index (χ1n) is 5.96. The molecule has 0 radical (unpaired) electrons. The second-order valence-corrected chi connectivity index (χ2v) is 6.32. The molecule has 1 saturated heterocycles. The van der Waals surface area contributed by atoms with E-state index in [9.17, 15) is 8.42 Å². The molecule has 0 aliphatic carbocycles. The summed E-state index contributed by atoms with van der Waals surface area (Å²) in [7, 11) is -1.67. The van der Waals surface area contributed by atoms with Crippen LogP contribution in [-0.4, -0.2) is 27.8 Å².